The van der Waals surface area contributed by atoms with Crippen LogP contribution >= 0.6 is 11.8 Å². The maximum atomic E-state index is 12.9. The number of hydrogen-bond acceptors (Lipinski definition) is 3. The maximum absolute atomic E-state index is 12.9. The monoisotopic (exact) mass is 358 g/mol. The van der Waals surface area contributed by atoms with Gasteiger partial charge in [-0.05, 0) is 36.8 Å². The second-order valence-corrected chi connectivity index (χ2v) is 6.01. The first-order valence-electron chi connectivity index (χ1n) is 6.96. The minimum atomic E-state index is -4.43. The molecule has 0 fully saturated rings. The second kappa shape index (κ2) is 7.65. The normalized spacial score (nSPS) is 12.7. The number of aromatic nitrogens is 1. The predicted octanol–water partition coefficient (Wildman–Crippen LogP) is 4.21. The topological polar surface area (TPSA) is 42.0 Å². The number of halogens is 4. The van der Waals surface area contributed by atoms with Gasteiger partial charge in [0.1, 0.15) is 5.82 Å². The van der Waals surface area contributed by atoms with Gasteiger partial charge in [-0.1, -0.05) is 23.9 Å². The fraction of sp³-hybridized carbons (Fsp3) is 0.250. The molecule has 0 aliphatic heterocycles. The van der Waals surface area contributed by atoms with Gasteiger partial charge in [-0.3, -0.25) is 4.79 Å². The molecule has 8 heteroatoms. The Hall–Kier alpha value is -2.09. The third kappa shape index (κ3) is 5.23. The Morgan fingerprint density at radius 1 is 1.21 bits per heavy atom. The molecule has 0 bridgehead atoms. The smallest absolute Gasteiger partial charge is 0.349 e. The second-order valence-electron chi connectivity index (χ2n) is 5.01. The van der Waals surface area contributed by atoms with E-state index in [1.54, 1.807) is 19.1 Å². The van der Waals surface area contributed by atoms with E-state index in [1.165, 1.54) is 18.2 Å². The van der Waals surface area contributed by atoms with Crippen LogP contribution in [0, 0.1) is 5.82 Å². The quantitative estimate of drug-likeness (QED) is 0.643. The molecule has 1 atom stereocenters. The highest BCUT2D eigenvalue weighted by Crippen LogP contribution is 2.29. The predicted molar refractivity (Wildman–Crippen MR) is 82.9 cm³/mol. The molecule has 2 aromatic rings. The fourth-order valence-corrected chi connectivity index (χ4v) is 2.54. The van der Waals surface area contributed by atoms with E-state index in [1.807, 2.05) is 0 Å². The summed E-state index contributed by atoms with van der Waals surface area (Å²) in [5.41, 5.74) is -0.0800. The Labute approximate surface area is 140 Å². The van der Waals surface area contributed by atoms with Crippen molar-refractivity contribution in [3.8, 4) is 0 Å². The highest BCUT2D eigenvalue weighted by atomic mass is 32.2. The summed E-state index contributed by atoms with van der Waals surface area (Å²) in [5.74, 6) is -0.635. The summed E-state index contributed by atoms with van der Waals surface area (Å²) in [5, 5.41) is 3.06. The zero-order valence-corrected chi connectivity index (χ0v) is 13.4. The molecule has 1 heterocycles. The zero-order valence-electron chi connectivity index (χ0n) is 12.6. The molecule has 1 aromatic heterocycles. The summed E-state index contributed by atoms with van der Waals surface area (Å²) in [6, 6.07) is 7.60. The summed E-state index contributed by atoms with van der Waals surface area (Å²) >= 11 is 1.04. The van der Waals surface area contributed by atoms with Gasteiger partial charge < -0.3 is 5.32 Å². The van der Waals surface area contributed by atoms with Crippen molar-refractivity contribution in [1.29, 1.82) is 0 Å². The minimum absolute atomic E-state index is 0.0178. The van der Waals surface area contributed by atoms with E-state index in [4.69, 9.17) is 0 Å². The number of hydrogen-bond donors (Lipinski definition) is 1. The molecule has 3 nitrogen and oxygen atoms in total. The molecule has 2 rings (SSSR count). The fourth-order valence-electron chi connectivity index (χ4n) is 1.89. The first-order chi connectivity index (χ1) is 11.3. The Morgan fingerprint density at radius 3 is 2.42 bits per heavy atom. The van der Waals surface area contributed by atoms with Gasteiger partial charge in [-0.25, -0.2) is 9.37 Å². The molecule has 0 aliphatic carbocycles. The molecule has 0 saturated heterocycles. The van der Waals surface area contributed by atoms with E-state index in [2.05, 4.69) is 10.3 Å². The van der Waals surface area contributed by atoms with E-state index < -0.39 is 11.7 Å². The van der Waals surface area contributed by atoms with Crippen molar-refractivity contribution in [3.05, 3.63) is 59.5 Å². The van der Waals surface area contributed by atoms with Gasteiger partial charge in [0, 0.05) is 6.20 Å². The third-order valence-electron chi connectivity index (χ3n) is 3.16. The van der Waals surface area contributed by atoms with Crippen molar-refractivity contribution < 1.29 is 22.4 Å². The van der Waals surface area contributed by atoms with Crippen molar-refractivity contribution in [1.82, 2.24) is 10.3 Å². The molecule has 24 heavy (non-hydrogen) atoms. The molecule has 0 radical (unpaired) electrons. The number of nitrogens with one attached hydrogen (secondary N) is 1. The van der Waals surface area contributed by atoms with Crippen LogP contribution < -0.4 is 5.32 Å². The molecule has 0 aliphatic rings. The number of nitrogens with zero attached hydrogens (tertiary/aromatic N) is 1. The van der Waals surface area contributed by atoms with Crippen molar-refractivity contribution in [2.45, 2.75) is 24.2 Å². The highest BCUT2D eigenvalue weighted by molar-refractivity contribution is 7.99. The van der Waals surface area contributed by atoms with Crippen LogP contribution in [0.4, 0.5) is 17.6 Å². The number of thioether (sulfide) groups is 1. The van der Waals surface area contributed by atoms with Crippen molar-refractivity contribution >= 4 is 17.7 Å². The van der Waals surface area contributed by atoms with Gasteiger partial charge in [-0.2, -0.15) is 13.2 Å². The average molecular weight is 358 g/mol. The lowest BCUT2D eigenvalue weighted by atomic mass is 10.1. The number of benzene rings is 1. The lowest BCUT2D eigenvalue weighted by Crippen LogP contribution is -2.28. The van der Waals surface area contributed by atoms with Crippen molar-refractivity contribution in [2.24, 2.45) is 0 Å². The molecule has 1 aromatic carbocycles. The number of pyridine rings is 1. The van der Waals surface area contributed by atoms with Gasteiger partial charge >= 0.3 is 6.18 Å². The van der Waals surface area contributed by atoms with Crippen LogP contribution in [0.15, 0.2) is 47.6 Å². The lowest BCUT2D eigenvalue weighted by molar-refractivity contribution is -0.137. The summed E-state index contributed by atoms with van der Waals surface area (Å²) < 4.78 is 50.1. The van der Waals surface area contributed by atoms with Crippen LogP contribution in [0.25, 0.3) is 0 Å². The van der Waals surface area contributed by atoms with Crippen LogP contribution in [-0.4, -0.2) is 16.6 Å². The van der Waals surface area contributed by atoms with Crippen LogP contribution in [0.5, 0.6) is 0 Å². The first-order valence-corrected chi connectivity index (χ1v) is 7.95. The van der Waals surface area contributed by atoms with E-state index >= 15 is 0 Å². The molecular formula is C16H14F4N2OS. The van der Waals surface area contributed by atoms with Crippen LogP contribution in [0.3, 0.4) is 0 Å². The molecule has 128 valence electrons. The average Bonchev–Trinajstić information content (AvgIpc) is 2.53. The van der Waals surface area contributed by atoms with Gasteiger partial charge in [0.2, 0.25) is 5.91 Å². The number of carbonyl (C=O) groups is 1. The molecule has 0 spiro atoms. The first kappa shape index (κ1) is 18.3. The van der Waals surface area contributed by atoms with Crippen LogP contribution in [0.2, 0.25) is 0 Å². The third-order valence-corrected chi connectivity index (χ3v) is 4.11. The van der Waals surface area contributed by atoms with E-state index in [0.717, 1.165) is 29.6 Å². The van der Waals surface area contributed by atoms with E-state index in [-0.39, 0.29) is 23.5 Å². The molecular weight excluding hydrogens is 344 g/mol. The van der Waals surface area contributed by atoms with E-state index in [9.17, 15) is 22.4 Å². The number of carbonyl (C=O) groups excluding carboxylic acids is 1. The SMILES string of the molecule is CC(NC(=O)CSc1ccc(C(F)(F)F)cn1)c1ccc(F)cc1. The molecule has 1 amide bonds. The Bertz CT molecular complexity index is 687. The van der Waals surface area contributed by atoms with Crippen LogP contribution in [-0.2, 0) is 11.0 Å². The molecule has 1 unspecified atom stereocenters. The Morgan fingerprint density at radius 2 is 1.88 bits per heavy atom. The summed E-state index contributed by atoms with van der Waals surface area (Å²) in [4.78, 5) is 15.6. The molecule has 0 saturated carbocycles. The number of amides is 1. The number of alkyl halides is 3. The van der Waals surface area contributed by atoms with Gasteiger partial charge in [0.25, 0.3) is 0 Å². The molecule has 1 N–H and O–H groups in total. The van der Waals surface area contributed by atoms with Gasteiger partial charge in [0.05, 0.1) is 22.4 Å². The Balaban J connectivity index is 1.85. The highest BCUT2D eigenvalue weighted by Gasteiger charge is 2.30. The van der Waals surface area contributed by atoms with Crippen molar-refractivity contribution in [2.75, 3.05) is 5.75 Å². The minimum Gasteiger partial charge on any atom is -0.349 e. The van der Waals surface area contributed by atoms with Gasteiger partial charge in [0.15, 0.2) is 0 Å². The summed E-state index contributed by atoms with van der Waals surface area (Å²) in [6.07, 6.45) is -3.69. The van der Waals surface area contributed by atoms with Crippen LogP contribution in [0.1, 0.15) is 24.1 Å². The summed E-state index contributed by atoms with van der Waals surface area (Å²) in [6.45, 7) is 1.76. The maximum Gasteiger partial charge on any atom is 0.417 e. The number of rotatable bonds is 5. The Kier molecular flexibility index (Phi) is 5.82. The van der Waals surface area contributed by atoms with Crippen molar-refractivity contribution in [3.63, 3.8) is 0 Å². The van der Waals surface area contributed by atoms with Gasteiger partial charge in [-0.15, -0.1) is 0 Å². The standard InChI is InChI=1S/C16H14F4N2OS/c1-10(11-2-5-13(17)6-3-11)22-14(23)9-24-15-7-4-12(8-21-15)16(18,19)20/h2-8,10H,9H2,1H3,(H,22,23). The summed E-state index contributed by atoms with van der Waals surface area (Å²) in [7, 11) is 0. The van der Waals surface area contributed by atoms with E-state index in [0.29, 0.717) is 5.03 Å². The lowest BCUT2D eigenvalue weighted by Gasteiger charge is -2.14. The zero-order chi connectivity index (χ0) is 17.7. The largest absolute Gasteiger partial charge is 0.417 e.